The summed E-state index contributed by atoms with van der Waals surface area (Å²) in [6.45, 7) is 11.0. The van der Waals surface area contributed by atoms with Crippen molar-refractivity contribution in [3.8, 4) is 22.4 Å². The van der Waals surface area contributed by atoms with Crippen LogP contribution in [0.3, 0.4) is 0 Å². The Bertz CT molecular complexity index is 1590. The van der Waals surface area contributed by atoms with Gasteiger partial charge in [0, 0.05) is 34.2 Å². The molecule has 0 unspecified atom stereocenters. The number of fused-ring (bicyclic) bond motifs is 7. The second kappa shape index (κ2) is 6.29. The van der Waals surface area contributed by atoms with Gasteiger partial charge in [0.2, 0.25) is 5.69 Å². The number of hydrogen-bond acceptors (Lipinski definition) is 2. The number of furan rings is 1. The lowest BCUT2D eigenvalue weighted by Gasteiger charge is -2.20. The molecular formula is C29H27N2O+. The predicted molar refractivity (Wildman–Crippen MR) is 130 cm³/mol. The molecule has 6 rings (SSSR count). The van der Waals surface area contributed by atoms with E-state index in [0.717, 1.165) is 33.3 Å². The van der Waals surface area contributed by atoms with Gasteiger partial charge in [-0.2, -0.15) is 0 Å². The van der Waals surface area contributed by atoms with E-state index in [2.05, 4.69) is 101 Å². The van der Waals surface area contributed by atoms with Crippen molar-refractivity contribution in [2.75, 3.05) is 0 Å². The molecule has 3 aromatic heterocycles. The first-order valence-electron chi connectivity index (χ1n) is 11.2. The minimum Gasteiger partial charge on any atom is -0.453 e. The first-order valence-corrected chi connectivity index (χ1v) is 11.2. The number of pyridine rings is 2. The molecule has 0 atom stereocenters. The van der Waals surface area contributed by atoms with E-state index >= 15 is 0 Å². The molecule has 3 nitrogen and oxygen atoms in total. The molecule has 0 N–H and O–H groups in total. The molecule has 5 aromatic rings. The standard InChI is InChI=1S/C29H27N2O/c1-16-11-12-20-26-28(32-27(20)24(16)23-13-17(2)18(3)15-31(23)6)25-19-9-7-8-10-21(19)29(4,5)22(25)14-30-26/h7-15H,1-6H3/q+1. The van der Waals surface area contributed by atoms with Crippen LogP contribution in [0.25, 0.3) is 44.5 Å². The van der Waals surface area contributed by atoms with E-state index in [1.165, 1.54) is 38.9 Å². The molecule has 0 saturated heterocycles. The lowest BCUT2D eigenvalue weighted by molar-refractivity contribution is -0.660. The van der Waals surface area contributed by atoms with Crippen molar-refractivity contribution >= 4 is 22.1 Å². The Morgan fingerprint density at radius 1 is 0.844 bits per heavy atom. The van der Waals surface area contributed by atoms with Crippen LogP contribution in [0, 0.1) is 20.8 Å². The lowest BCUT2D eigenvalue weighted by atomic mass is 9.83. The van der Waals surface area contributed by atoms with Gasteiger partial charge in [-0.15, -0.1) is 0 Å². The van der Waals surface area contributed by atoms with Gasteiger partial charge in [-0.3, -0.25) is 4.98 Å². The molecule has 0 fully saturated rings. The third-order valence-electron chi connectivity index (χ3n) is 7.40. The van der Waals surface area contributed by atoms with Crippen molar-refractivity contribution in [3.63, 3.8) is 0 Å². The summed E-state index contributed by atoms with van der Waals surface area (Å²) in [6, 6.07) is 15.3. The largest absolute Gasteiger partial charge is 0.453 e. The average Bonchev–Trinajstić information content (AvgIpc) is 3.24. The number of benzene rings is 2. The molecule has 3 heterocycles. The van der Waals surface area contributed by atoms with Gasteiger partial charge in [0.25, 0.3) is 0 Å². The summed E-state index contributed by atoms with van der Waals surface area (Å²) in [5.41, 5.74) is 13.8. The van der Waals surface area contributed by atoms with Gasteiger partial charge in [0.1, 0.15) is 12.6 Å². The van der Waals surface area contributed by atoms with E-state index in [4.69, 9.17) is 9.40 Å². The highest BCUT2D eigenvalue weighted by Gasteiger charge is 2.38. The SMILES string of the molecule is Cc1cc(-c2c(C)ccc3c2oc2c4c(cnc23)C(C)(C)c2ccccc2-4)[n+](C)cc1C. The Morgan fingerprint density at radius 2 is 1.62 bits per heavy atom. The van der Waals surface area contributed by atoms with Gasteiger partial charge >= 0.3 is 0 Å². The lowest BCUT2D eigenvalue weighted by Crippen LogP contribution is -2.31. The van der Waals surface area contributed by atoms with Gasteiger partial charge in [0.05, 0.1) is 5.56 Å². The first-order chi connectivity index (χ1) is 15.3. The van der Waals surface area contributed by atoms with Crippen molar-refractivity contribution in [1.29, 1.82) is 0 Å². The maximum absolute atomic E-state index is 6.76. The third kappa shape index (κ3) is 2.37. The molecule has 1 aliphatic rings. The smallest absolute Gasteiger partial charge is 0.216 e. The normalized spacial score (nSPS) is 14.2. The zero-order valence-electron chi connectivity index (χ0n) is 19.5. The van der Waals surface area contributed by atoms with Crippen molar-refractivity contribution in [2.24, 2.45) is 7.05 Å². The number of hydrogen-bond donors (Lipinski definition) is 0. The van der Waals surface area contributed by atoms with E-state index < -0.39 is 0 Å². The summed E-state index contributed by atoms with van der Waals surface area (Å²) in [5.74, 6) is 0. The molecule has 0 bridgehead atoms. The van der Waals surface area contributed by atoms with E-state index in [1.54, 1.807) is 0 Å². The fourth-order valence-electron chi connectivity index (χ4n) is 5.44. The topological polar surface area (TPSA) is 29.9 Å². The Balaban J connectivity index is 1.75. The number of nitrogens with zero attached hydrogens (tertiary/aromatic N) is 2. The monoisotopic (exact) mass is 419 g/mol. The summed E-state index contributed by atoms with van der Waals surface area (Å²) in [4.78, 5) is 4.94. The average molecular weight is 420 g/mol. The Kier molecular flexibility index (Phi) is 3.78. The van der Waals surface area contributed by atoms with E-state index in [-0.39, 0.29) is 5.41 Å². The Morgan fingerprint density at radius 3 is 2.44 bits per heavy atom. The molecule has 2 aromatic carbocycles. The van der Waals surface area contributed by atoms with Gasteiger partial charge < -0.3 is 4.42 Å². The van der Waals surface area contributed by atoms with Crippen molar-refractivity contribution in [2.45, 2.75) is 40.0 Å². The van der Waals surface area contributed by atoms with E-state index in [1.807, 2.05) is 0 Å². The van der Waals surface area contributed by atoms with Crippen LogP contribution in [-0.4, -0.2) is 4.98 Å². The van der Waals surface area contributed by atoms with E-state index in [9.17, 15) is 0 Å². The summed E-state index contributed by atoms with van der Waals surface area (Å²) in [5, 5.41) is 1.07. The fraction of sp³-hybridized carbons (Fsp3) is 0.241. The molecule has 0 spiro atoms. The molecule has 32 heavy (non-hydrogen) atoms. The van der Waals surface area contributed by atoms with Gasteiger partial charge in [0.15, 0.2) is 17.4 Å². The minimum atomic E-state index is -0.0919. The minimum absolute atomic E-state index is 0.0919. The zero-order chi connectivity index (χ0) is 22.4. The van der Waals surface area contributed by atoms with Crippen LogP contribution in [-0.2, 0) is 12.5 Å². The molecule has 0 saturated carbocycles. The van der Waals surface area contributed by atoms with E-state index in [0.29, 0.717) is 0 Å². The van der Waals surface area contributed by atoms with Crippen molar-refractivity contribution < 1.29 is 8.98 Å². The summed E-state index contributed by atoms with van der Waals surface area (Å²) >= 11 is 0. The van der Waals surface area contributed by atoms with Crippen LogP contribution in [0.5, 0.6) is 0 Å². The molecule has 0 amide bonds. The van der Waals surface area contributed by atoms with Crippen molar-refractivity contribution in [1.82, 2.24) is 4.98 Å². The van der Waals surface area contributed by atoms with Crippen LogP contribution in [0.2, 0.25) is 0 Å². The molecule has 3 heteroatoms. The molecule has 0 radical (unpaired) electrons. The molecule has 1 aliphatic carbocycles. The third-order valence-corrected chi connectivity index (χ3v) is 7.40. The fourth-order valence-corrected chi connectivity index (χ4v) is 5.44. The van der Waals surface area contributed by atoms with Crippen LogP contribution < -0.4 is 4.57 Å². The van der Waals surface area contributed by atoms with Crippen molar-refractivity contribution in [3.05, 3.63) is 82.7 Å². The van der Waals surface area contributed by atoms with Crippen LogP contribution in [0.4, 0.5) is 0 Å². The number of aromatic nitrogens is 2. The second-order valence-electron chi connectivity index (χ2n) is 9.77. The Labute approximate surface area is 188 Å². The van der Waals surface area contributed by atoms with Crippen LogP contribution >= 0.6 is 0 Å². The molecule has 0 aliphatic heterocycles. The predicted octanol–water partition coefficient (Wildman–Crippen LogP) is 6.70. The van der Waals surface area contributed by atoms with Crippen LogP contribution in [0.1, 0.15) is 41.7 Å². The molecule has 158 valence electrons. The molecular weight excluding hydrogens is 392 g/mol. The quantitative estimate of drug-likeness (QED) is 0.283. The number of aryl methyl sites for hydroxylation is 4. The summed E-state index contributed by atoms with van der Waals surface area (Å²) < 4.78 is 8.96. The second-order valence-corrected chi connectivity index (χ2v) is 9.77. The highest BCUT2D eigenvalue weighted by molar-refractivity contribution is 6.12. The highest BCUT2D eigenvalue weighted by atomic mass is 16.3. The maximum Gasteiger partial charge on any atom is 0.216 e. The number of rotatable bonds is 1. The highest BCUT2D eigenvalue weighted by Crippen LogP contribution is 2.52. The van der Waals surface area contributed by atoms with Gasteiger partial charge in [-0.05, 0) is 54.7 Å². The van der Waals surface area contributed by atoms with Gasteiger partial charge in [-0.1, -0.05) is 44.2 Å². The first kappa shape index (κ1) is 19.2. The van der Waals surface area contributed by atoms with Gasteiger partial charge in [-0.25, -0.2) is 4.57 Å². The summed E-state index contributed by atoms with van der Waals surface area (Å²) in [7, 11) is 2.11. The Hall–Kier alpha value is -3.46. The van der Waals surface area contributed by atoms with Crippen LogP contribution in [0.15, 0.2) is 59.3 Å². The maximum atomic E-state index is 6.76. The summed E-state index contributed by atoms with van der Waals surface area (Å²) in [6.07, 6.45) is 4.25. The zero-order valence-corrected chi connectivity index (χ0v) is 19.5.